The Balaban J connectivity index is 2.06. The monoisotopic (exact) mass is 235 g/mol. The first-order valence-corrected chi connectivity index (χ1v) is 6.25. The van der Waals surface area contributed by atoms with Crippen molar-refractivity contribution in [2.24, 2.45) is 5.73 Å². The van der Waals surface area contributed by atoms with Crippen LogP contribution in [0.5, 0.6) is 0 Å². The molecule has 1 fully saturated rings. The zero-order valence-electron chi connectivity index (χ0n) is 9.72. The van der Waals surface area contributed by atoms with Crippen LogP contribution in [0.3, 0.4) is 0 Å². The summed E-state index contributed by atoms with van der Waals surface area (Å²) in [5.74, 6) is 0.501. The van der Waals surface area contributed by atoms with Gasteiger partial charge in [-0.05, 0) is 25.7 Å². The second-order valence-electron chi connectivity index (χ2n) is 5.11. The first-order valence-electron chi connectivity index (χ1n) is 6.25. The summed E-state index contributed by atoms with van der Waals surface area (Å²) in [7, 11) is 0. The Kier molecular flexibility index (Phi) is 2.43. The van der Waals surface area contributed by atoms with Gasteiger partial charge in [0.2, 0.25) is 0 Å². The molecular formula is C12H17N3O2. The molecule has 3 N–H and O–H groups in total. The van der Waals surface area contributed by atoms with Crippen LogP contribution in [0.15, 0.2) is 0 Å². The third-order valence-electron chi connectivity index (χ3n) is 3.94. The lowest BCUT2D eigenvalue weighted by molar-refractivity contribution is 0.0689. The largest absolute Gasteiger partial charge is 0.476 e. The highest BCUT2D eigenvalue weighted by Gasteiger charge is 2.32. The Bertz CT molecular complexity index is 463. The van der Waals surface area contributed by atoms with Crippen LogP contribution in [0.4, 0.5) is 0 Å². The van der Waals surface area contributed by atoms with Crippen LogP contribution in [0.1, 0.15) is 53.6 Å². The van der Waals surface area contributed by atoms with E-state index in [1.54, 1.807) is 0 Å². The zero-order valence-corrected chi connectivity index (χ0v) is 9.72. The number of imidazole rings is 1. The van der Waals surface area contributed by atoms with E-state index >= 15 is 0 Å². The summed E-state index contributed by atoms with van der Waals surface area (Å²) in [5.41, 5.74) is 7.09. The number of rotatable bonds is 2. The van der Waals surface area contributed by atoms with Crippen molar-refractivity contribution in [3.05, 3.63) is 17.2 Å². The number of aromatic carboxylic acids is 1. The molecule has 1 unspecified atom stereocenters. The average molecular weight is 235 g/mol. The maximum atomic E-state index is 11.2. The Morgan fingerprint density at radius 2 is 2.18 bits per heavy atom. The van der Waals surface area contributed by atoms with Gasteiger partial charge < -0.3 is 15.4 Å². The van der Waals surface area contributed by atoms with Gasteiger partial charge in [-0.1, -0.05) is 6.42 Å². The van der Waals surface area contributed by atoms with Crippen molar-refractivity contribution < 1.29 is 9.90 Å². The predicted molar refractivity (Wildman–Crippen MR) is 62.1 cm³/mol. The summed E-state index contributed by atoms with van der Waals surface area (Å²) in [4.78, 5) is 15.5. The predicted octanol–water partition coefficient (Wildman–Crippen LogP) is 1.12. The van der Waals surface area contributed by atoms with E-state index in [1.165, 1.54) is 6.42 Å². The number of carboxylic acids is 1. The zero-order chi connectivity index (χ0) is 12.0. The minimum absolute atomic E-state index is 0.136. The highest BCUT2D eigenvalue weighted by atomic mass is 16.4. The first-order chi connectivity index (χ1) is 8.16. The van der Waals surface area contributed by atoms with E-state index in [2.05, 4.69) is 9.55 Å². The molecule has 1 saturated carbocycles. The van der Waals surface area contributed by atoms with Gasteiger partial charge in [-0.15, -0.1) is 0 Å². The minimum Gasteiger partial charge on any atom is -0.476 e. The highest BCUT2D eigenvalue weighted by molar-refractivity contribution is 5.87. The van der Waals surface area contributed by atoms with Crippen molar-refractivity contribution in [2.75, 3.05) is 0 Å². The number of carboxylic acid groups (broad SMARTS) is 1. The lowest BCUT2D eigenvalue weighted by Crippen LogP contribution is -2.33. The molecule has 1 aromatic heterocycles. The molecule has 5 nitrogen and oxygen atoms in total. The number of fused-ring (bicyclic) bond motifs is 1. The van der Waals surface area contributed by atoms with Crippen molar-refractivity contribution in [2.45, 2.75) is 50.6 Å². The summed E-state index contributed by atoms with van der Waals surface area (Å²) in [5, 5.41) is 9.19. The molecule has 1 aromatic rings. The topological polar surface area (TPSA) is 81.1 Å². The lowest BCUT2D eigenvalue weighted by Gasteiger charge is -2.29. The molecule has 2 aliphatic rings. The van der Waals surface area contributed by atoms with Crippen LogP contribution in [-0.4, -0.2) is 26.7 Å². The molecule has 17 heavy (non-hydrogen) atoms. The van der Waals surface area contributed by atoms with Gasteiger partial charge in [0, 0.05) is 18.5 Å². The second-order valence-corrected chi connectivity index (χ2v) is 5.11. The molecule has 0 aromatic carbocycles. The summed E-state index contributed by atoms with van der Waals surface area (Å²) in [6, 6.07) is 0.136. The number of hydrogen-bond donors (Lipinski definition) is 2. The smallest absolute Gasteiger partial charge is 0.356 e. The van der Waals surface area contributed by atoms with Gasteiger partial charge in [0.25, 0.3) is 0 Å². The van der Waals surface area contributed by atoms with Gasteiger partial charge in [0.05, 0.1) is 5.69 Å². The molecule has 2 heterocycles. The molecule has 5 heteroatoms. The fraction of sp³-hybridized carbons (Fsp3) is 0.667. The van der Waals surface area contributed by atoms with E-state index in [-0.39, 0.29) is 11.7 Å². The quantitative estimate of drug-likeness (QED) is 0.805. The summed E-state index contributed by atoms with van der Waals surface area (Å²) >= 11 is 0. The SMILES string of the molecule is NC1CCc2c(C(=O)O)nc(C3CCC3)n2C1. The molecular weight excluding hydrogens is 218 g/mol. The molecule has 0 saturated heterocycles. The van der Waals surface area contributed by atoms with E-state index in [0.29, 0.717) is 5.92 Å². The molecule has 3 rings (SSSR count). The fourth-order valence-electron chi connectivity index (χ4n) is 2.76. The van der Waals surface area contributed by atoms with Gasteiger partial charge in [0.15, 0.2) is 5.69 Å². The van der Waals surface area contributed by atoms with Crippen LogP contribution in [0.2, 0.25) is 0 Å². The maximum absolute atomic E-state index is 11.2. The first kappa shape index (κ1) is 10.8. The number of aromatic nitrogens is 2. The molecule has 0 radical (unpaired) electrons. The fourth-order valence-corrected chi connectivity index (χ4v) is 2.76. The molecule has 0 amide bonds. The van der Waals surface area contributed by atoms with Crippen LogP contribution < -0.4 is 5.73 Å². The van der Waals surface area contributed by atoms with Gasteiger partial charge in [-0.3, -0.25) is 0 Å². The molecule has 92 valence electrons. The third kappa shape index (κ3) is 1.65. The Hall–Kier alpha value is -1.36. The van der Waals surface area contributed by atoms with Crippen LogP contribution >= 0.6 is 0 Å². The van der Waals surface area contributed by atoms with E-state index in [1.807, 2.05) is 0 Å². The van der Waals surface area contributed by atoms with Crippen molar-refractivity contribution in [3.8, 4) is 0 Å². The summed E-state index contributed by atoms with van der Waals surface area (Å²) in [6.07, 6.45) is 5.08. The molecule has 1 aliphatic heterocycles. The molecule has 0 spiro atoms. The van der Waals surface area contributed by atoms with Crippen LogP contribution in [0.25, 0.3) is 0 Å². The lowest BCUT2D eigenvalue weighted by atomic mass is 9.84. The highest BCUT2D eigenvalue weighted by Crippen LogP contribution is 2.37. The standard InChI is InChI=1S/C12H17N3O2/c13-8-4-5-9-10(12(16)17)14-11(15(9)6-8)7-2-1-3-7/h7-8H,1-6,13H2,(H,16,17). The minimum atomic E-state index is -0.908. The van der Waals surface area contributed by atoms with E-state index < -0.39 is 5.97 Å². The Morgan fingerprint density at radius 1 is 1.41 bits per heavy atom. The average Bonchev–Trinajstić information content (AvgIpc) is 2.55. The van der Waals surface area contributed by atoms with Gasteiger partial charge in [-0.25, -0.2) is 9.78 Å². The van der Waals surface area contributed by atoms with Gasteiger partial charge >= 0.3 is 5.97 Å². The van der Waals surface area contributed by atoms with Crippen molar-refractivity contribution >= 4 is 5.97 Å². The molecule has 0 bridgehead atoms. The van der Waals surface area contributed by atoms with Gasteiger partial charge in [-0.2, -0.15) is 0 Å². The van der Waals surface area contributed by atoms with Gasteiger partial charge in [0.1, 0.15) is 5.82 Å². The number of hydrogen-bond acceptors (Lipinski definition) is 3. The molecule has 1 atom stereocenters. The third-order valence-corrected chi connectivity index (χ3v) is 3.94. The van der Waals surface area contributed by atoms with Crippen molar-refractivity contribution in [1.29, 1.82) is 0 Å². The van der Waals surface area contributed by atoms with Crippen LogP contribution in [0, 0.1) is 0 Å². The van der Waals surface area contributed by atoms with E-state index in [9.17, 15) is 9.90 Å². The van der Waals surface area contributed by atoms with Crippen LogP contribution in [-0.2, 0) is 13.0 Å². The number of nitrogens with zero attached hydrogens (tertiary/aromatic N) is 2. The van der Waals surface area contributed by atoms with E-state index in [0.717, 1.165) is 43.7 Å². The Morgan fingerprint density at radius 3 is 2.76 bits per heavy atom. The summed E-state index contributed by atoms with van der Waals surface area (Å²) in [6.45, 7) is 0.724. The summed E-state index contributed by atoms with van der Waals surface area (Å²) < 4.78 is 2.07. The van der Waals surface area contributed by atoms with Crippen molar-refractivity contribution in [3.63, 3.8) is 0 Å². The normalized spacial score (nSPS) is 24.2. The number of nitrogens with two attached hydrogens (primary N) is 1. The number of carbonyl (C=O) groups is 1. The van der Waals surface area contributed by atoms with Crippen molar-refractivity contribution in [1.82, 2.24) is 9.55 Å². The van der Waals surface area contributed by atoms with E-state index in [4.69, 9.17) is 5.73 Å². The molecule has 1 aliphatic carbocycles. The Labute approximate surface area is 99.6 Å². The maximum Gasteiger partial charge on any atom is 0.356 e. The second kappa shape index (κ2) is 3.84.